The first kappa shape index (κ1) is 15.9. The monoisotopic (exact) mass is 340 g/mol. The van der Waals surface area contributed by atoms with E-state index < -0.39 is 0 Å². The summed E-state index contributed by atoms with van der Waals surface area (Å²) in [6, 6.07) is 12.7. The molecule has 0 bridgehead atoms. The standard InChI is InChI=1S/C17H16N4O2S/c1-11-5-3-4-6-14(11)16-19-20-17(24)21(16)18-10-12-7-8-13(22)9-15(12)23-2/h3-10,22H,1-2H3,(H,20,24)/b18-10+. The second-order valence-electron chi connectivity index (χ2n) is 5.15. The van der Waals surface area contributed by atoms with Crippen LogP contribution in [0.3, 0.4) is 0 Å². The van der Waals surface area contributed by atoms with Crippen LogP contribution in [0, 0.1) is 11.7 Å². The zero-order valence-corrected chi connectivity index (χ0v) is 14.0. The van der Waals surface area contributed by atoms with Gasteiger partial charge in [0.1, 0.15) is 11.5 Å². The fraction of sp³-hybridized carbons (Fsp3) is 0.118. The van der Waals surface area contributed by atoms with Crippen molar-refractivity contribution in [1.82, 2.24) is 14.9 Å². The minimum atomic E-state index is 0.129. The largest absolute Gasteiger partial charge is 0.508 e. The lowest BCUT2D eigenvalue weighted by molar-refractivity contribution is 0.407. The molecule has 0 aliphatic heterocycles. The highest BCUT2D eigenvalue weighted by Crippen LogP contribution is 2.23. The molecule has 0 atom stereocenters. The molecule has 2 aromatic carbocycles. The van der Waals surface area contributed by atoms with Gasteiger partial charge in [-0.2, -0.15) is 14.9 Å². The van der Waals surface area contributed by atoms with E-state index in [0.29, 0.717) is 21.9 Å². The van der Waals surface area contributed by atoms with Gasteiger partial charge in [0.2, 0.25) is 4.77 Å². The van der Waals surface area contributed by atoms with Crippen LogP contribution in [-0.4, -0.2) is 33.3 Å². The van der Waals surface area contributed by atoms with E-state index in [2.05, 4.69) is 15.3 Å². The molecule has 0 aliphatic carbocycles. The van der Waals surface area contributed by atoms with Crippen molar-refractivity contribution in [2.45, 2.75) is 6.92 Å². The van der Waals surface area contributed by atoms with Gasteiger partial charge in [-0.3, -0.25) is 0 Å². The first-order chi connectivity index (χ1) is 11.6. The maximum atomic E-state index is 9.53. The third-order valence-corrected chi connectivity index (χ3v) is 3.83. The molecule has 0 fully saturated rings. The number of aromatic nitrogens is 3. The summed E-state index contributed by atoms with van der Waals surface area (Å²) >= 11 is 5.27. The smallest absolute Gasteiger partial charge is 0.216 e. The van der Waals surface area contributed by atoms with Gasteiger partial charge in [-0.1, -0.05) is 24.3 Å². The molecule has 1 heterocycles. The Morgan fingerprint density at radius 2 is 2.08 bits per heavy atom. The summed E-state index contributed by atoms with van der Waals surface area (Å²) in [5.41, 5.74) is 2.74. The van der Waals surface area contributed by atoms with Crippen molar-refractivity contribution in [3.05, 3.63) is 58.4 Å². The van der Waals surface area contributed by atoms with E-state index in [0.717, 1.165) is 11.1 Å². The number of ether oxygens (including phenoxy) is 1. The highest BCUT2D eigenvalue weighted by molar-refractivity contribution is 7.71. The Hall–Kier alpha value is -2.93. The molecule has 2 N–H and O–H groups in total. The van der Waals surface area contributed by atoms with E-state index in [9.17, 15) is 5.11 Å². The van der Waals surface area contributed by atoms with Gasteiger partial charge >= 0.3 is 0 Å². The number of methoxy groups -OCH3 is 1. The van der Waals surface area contributed by atoms with Crippen LogP contribution in [0.15, 0.2) is 47.6 Å². The Kier molecular flexibility index (Phi) is 4.43. The number of aromatic amines is 1. The number of rotatable bonds is 4. The minimum Gasteiger partial charge on any atom is -0.508 e. The van der Waals surface area contributed by atoms with Gasteiger partial charge in [0.15, 0.2) is 5.82 Å². The molecular weight excluding hydrogens is 324 g/mol. The normalized spacial score (nSPS) is 11.1. The van der Waals surface area contributed by atoms with Gasteiger partial charge in [-0.15, -0.1) is 0 Å². The van der Waals surface area contributed by atoms with Crippen LogP contribution in [-0.2, 0) is 0 Å². The minimum absolute atomic E-state index is 0.129. The van der Waals surface area contributed by atoms with Gasteiger partial charge in [-0.25, -0.2) is 5.10 Å². The van der Waals surface area contributed by atoms with Crippen LogP contribution in [0.5, 0.6) is 11.5 Å². The average molecular weight is 340 g/mol. The Morgan fingerprint density at radius 3 is 2.83 bits per heavy atom. The maximum Gasteiger partial charge on any atom is 0.216 e. The Labute approximate surface area is 144 Å². The van der Waals surface area contributed by atoms with E-state index in [1.807, 2.05) is 31.2 Å². The highest BCUT2D eigenvalue weighted by Gasteiger charge is 2.10. The molecule has 3 aromatic rings. The fourth-order valence-electron chi connectivity index (χ4n) is 2.32. The zero-order valence-electron chi connectivity index (χ0n) is 13.2. The van der Waals surface area contributed by atoms with Gasteiger partial charge < -0.3 is 9.84 Å². The van der Waals surface area contributed by atoms with E-state index in [1.165, 1.54) is 13.2 Å². The summed E-state index contributed by atoms with van der Waals surface area (Å²) in [6.45, 7) is 2.00. The fourth-order valence-corrected chi connectivity index (χ4v) is 2.50. The molecule has 122 valence electrons. The van der Waals surface area contributed by atoms with Crippen LogP contribution >= 0.6 is 12.2 Å². The number of nitrogens with zero attached hydrogens (tertiary/aromatic N) is 3. The summed E-state index contributed by atoms with van der Waals surface area (Å²) < 4.78 is 7.20. The van der Waals surface area contributed by atoms with Crippen LogP contribution < -0.4 is 4.74 Å². The molecule has 24 heavy (non-hydrogen) atoms. The predicted octanol–water partition coefficient (Wildman–Crippen LogP) is 3.51. The number of hydrogen-bond acceptors (Lipinski definition) is 5. The number of phenols is 1. The van der Waals surface area contributed by atoms with E-state index >= 15 is 0 Å². The van der Waals surface area contributed by atoms with Crippen LogP contribution in [0.1, 0.15) is 11.1 Å². The van der Waals surface area contributed by atoms with Crippen LogP contribution in [0.25, 0.3) is 11.4 Å². The quantitative estimate of drug-likeness (QED) is 0.563. The number of aryl methyl sites for hydroxylation is 1. The Bertz CT molecular complexity index is 959. The molecule has 0 aliphatic rings. The summed E-state index contributed by atoms with van der Waals surface area (Å²) in [7, 11) is 1.54. The summed E-state index contributed by atoms with van der Waals surface area (Å²) in [5.74, 6) is 1.28. The summed E-state index contributed by atoms with van der Waals surface area (Å²) in [5, 5.41) is 21.0. The number of aromatic hydroxyl groups is 1. The second-order valence-corrected chi connectivity index (χ2v) is 5.54. The Morgan fingerprint density at radius 1 is 1.29 bits per heavy atom. The molecule has 6 nitrogen and oxygen atoms in total. The maximum absolute atomic E-state index is 9.53. The number of hydrogen-bond donors (Lipinski definition) is 2. The van der Waals surface area contributed by atoms with E-state index in [1.54, 1.807) is 23.0 Å². The SMILES string of the molecule is COc1cc(O)ccc1/C=N/n1c(-c2ccccc2C)n[nH]c1=S. The molecule has 3 rings (SSSR count). The van der Waals surface area contributed by atoms with Gasteiger partial charge in [0, 0.05) is 17.2 Å². The lowest BCUT2D eigenvalue weighted by Crippen LogP contribution is -1.97. The second kappa shape index (κ2) is 6.67. The molecule has 0 saturated carbocycles. The number of phenolic OH excluding ortho intramolecular Hbond substituents is 1. The molecule has 7 heteroatoms. The summed E-state index contributed by atoms with van der Waals surface area (Å²) in [6.07, 6.45) is 1.62. The van der Waals surface area contributed by atoms with E-state index in [4.69, 9.17) is 17.0 Å². The average Bonchev–Trinajstić information content (AvgIpc) is 2.94. The third-order valence-electron chi connectivity index (χ3n) is 3.57. The molecule has 0 spiro atoms. The molecule has 0 unspecified atom stereocenters. The Balaban J connectivity index is 2.05. The molecule has 0 amide bonds. The van der Waals surface area contributed by atoms with Gasteiger partial charge in [0.25, 0.3) is 0 Å². The van der Waals surface area contributed by atoms with Crippen molar-refractivity contribution < 1.29 is 9.84 Å². The molecule has 1 aromatic heterocycles. The predicted molar refractivity (Wildman–Crippen MR) is 95.2 cm³/mol. The number of benzene rings is 2. The lowest BCUT2D eigenvalue weighted by atomic mass is 10.1. The van der Waals surface area contributed by atoms with Crippen molar-refractivity contribution in [3.8, 4) is 22.9 Å². The number of nitrogens with one attached hydrogen (secondary N) is 1. The number of H-pyrrole nitrogens is 1. The molecule has 0 saturated heterocycles. The first-order valence-corrected chi connectivity index (χ1v) is 7.66. The van der Waals surface area contributed by atoms with Crippen molar-refractivity contribution in [2.75, 3.05) is 7.11 Å². The topological polar surface area (TPSA) is 75.4 Å². The van der Waals surface area contributed by atoms with Crippen molar-refractivity contribution in [3.63, 3.8) is 0 Å². The van der Waals surface area contributed by atoms with E-state index in [-0.39, 0.29) is 5.75 Å². The summed E-state index contributed by atoms with van der Waals surface area (Å²) in [4.78, 5) is 0. The molecule has 0 radical (unpaired) electrons. The van der Waals surface area contributed by atoms with Crippen molar-refractivity contribution >= 4 is 18.4 Å². The van der Waals surface area contributed by atoms with Crippen LogP contribution in [0.4, 0.5) is 0 Å². The third kappa shape index (κ3) is 3.07. The van der Waals surface area contributed by atoms with Crippen molar-refractivity contribution in [2.24, 2.45) is 5.10 Å². The van der Waals surface area contributed by atoms with Gasteiger partial charge in [-0.05, 0) is 36.8 Å². The van der Waals surface area contributed by atoms with Crippen LogP contribution in [0.2, 0.25) is 0 Å². The highest BCUT2D eigenvalue weighted by atomic mass is 32.1. The molecular formula is C17H16N4O2S. The van der Waals surface area contributed by atoms with Gasteiger partial charge in [0.05, 0.1) is 13.3 Å². The first-order valence-electron chi connectivity index (χ1n) is 7.25. The zero-order chi connectivity index (χ0) is 17.1. The lowest BCUT2D eigenvalue weighted by Gasteiger charge is -2.06. The van der Waals surface area contributed by atoms with Crippen molar-refractivity contribution in [1.29, 1.82) is 0 Å².